The van der Waals surface area contributed by atoms with Gasteiger partial charge in [0.05, 0.1) is 6.04 Å². The van der Waals surface area contributed by atoms with E-state index in [4.69, 9.17) is 11.6 Å². The highest BCUT2D eigenvalue weighted by Gasteiger charge is 2.21. The molecule has 1 heterocycles. The van der Waals surface area contributed by atoms with Gasteiger partial charge < -0.3 is 4.90 Å². The average molecular weight is 354 g/mol. The van der Waals surface area contributed by atoms with E-state index in [1.165, 1.54) is 0 Å². The lowest BCUT2D eigenvalue weighted by molar-refractivity contribution is 0.0735. The number of rotatable bonds is 3. The molecule has 1 amide bonds. The zero-order valence-corrected chi connectivity index (χ0v) is 13.5. The van der Waals surface area contributed by atoms with Crippen molar-refractivity contribution < 1.29 is 4.79 Å². The standard InChI is InChI=1S/C15H14BrClN2O/c1-10(11-5-7-12(17)8-6-11)19(2)15(20)14-13(16)4-3-9-18-14/h3-10H,1-2H3. The molecule has 1 aromatic carbocycles. The zero-order chi connectivity index (χ0) is 14.7. The fourth-order valence-electron chi connectivity index (χ4n) is 1.85. The van der Waals surface area contributed by atoms with Gasteiger partial charge in [0.25, 0.3) is 5.91 Å². The summed E-state index contributed by atoms with van der Waals surface area (Å²) in [6.07, 6.45) is 1.61. The monoisotopic (exact) mass is 352 g/mol. The van der Waals surface area contributed by atoms with E-state index in [1.807, 2.05) is 31.2 Å². The van der Waals surface area contributed by atoms with Crippen LogP contribution in [0, 0.1) is 0 Å². The first kappa shape index (κ1) is 15.0. The number of nitrogens with zero attached hydrogens (tertiary/aromatic N) is 2. The number of carbonyl (C=O) groups excluding carboxylic acids is 1. The molecule has 1 atom stereocenters. The molecular formula is C15H14BrClN2O. The van der Waals surface area contributed by atoms with Crippen LogP contribution in [-0.4, -0.2) is 22.8 Å². The van der Waals surface area contributed by atoms with Crippen molar-refractivity contribution in [1.82, 2.24) is 9.88 Å². The van der Waals surface area contributed by atoms with E-state index in [-0.39, 0.29) is 11.9 Å². The van der Waals surface area contributed by atoms with Gasteiger partial charge in [-0.2, -0.15) is 0 Å². The van der Waals surface area contributed by atoms with E-state index in [0.717, 1.165) is 5.56 Å². The summed E-state index contributed by atoms with van der Waals surface area (Å²) in [5.41, 5.74) is 1.44. The van der Waals surface area contributed by atoms with E-state index < -0.39 is 0 Å². The maximum atomic E-state index is 12.5. The second-order valence-corrected chi connectivity index (χ2v) is 5.77. The Labute approximate surface area is 131 Å². The number of aromatic nitrogens is 1. The Morgan fingerprint density at radius 2 is 1.95 bits per heavy atom. The van der Waals surface area contributed by atoms with Crippen LogP contribution in [0.2, 0.25) is 5.02 Å². The first-order chi connectivity index (χ1) is 9.50. The van der Waals surface area contributed by atoms with Crippen LogP contribution in [0.15, 0.2) is 47.1 Å². The number of halogens is 2. The topological polar surface area (TPSA) is 33.2 Å². The molecule has 1 unspecified atom stereocenters. The Balaban J connectivity index is 2.22. The maximum Gasteiger partial charge on any atom is 0.273 e. The molecule has 0 saturated carbocycles. The molecule has 0 aliphatic carbocycles. The average Bonchev–Trinajstić information content (AvgIpc) is 2.46. The number of pyridine rings is 1. The number of amides is 1. The van der Waals surface area contributed by atoms with Crippen molar-refractivity contribution in [3.05, 3.63) is 63.3 Å². The van der Waals surface area contributed by atoms with Crippen LogP contribution in [0.4, 0.5) is 0 Å². The van der Waals surface area contributed by atoms with E-state index in [2.05, 4.69) is 20.9 Å². The number of hydrogen-bond donors (Lipinski definition) is 0. The summed E-state index contributed by atoms with van der Waals surface area (Å²) in [6, 6.07) is 11.0. The summed E-state index contributed by atoms with van der Waals surface area (Å²) in [5.74, 6) is -0.125. The fourth-order valence-corrected chi connectivity index (χ4v) is 2.40. The minimum absolute atomic E-state index is 0.0614. The Hall–Kier alpha value is -1.39. The van der Waals surface area contributed by atoms with Crippen molar-refractivity contribution in [2.24, 2.45) is 0 Å². The third-order valence-corrected chi connectivity index (χ3v) is 4.11. The van der Waals surface area contributed by atoms with Gasteiger partial charge in [0.15, 0.2) is 0 Å². The van der Waals surface area contributed by atoms with Gasteiger partial charge >= 0.3 is 0 Å². The first-order valence-electron chi connectivity index (χ1n) is 6.14. The van der Waals surface area contributed by atoms with Crippen LogP contribution in [0.3, 0.4) is 0 Å². The molecular weight excluding hydrogens is 340 g/mol. The highest BCUT2D eigenvalue weighted by atomic mass is 79.9. The van der Waals surface area contributed by atoms with E-state index in [9.17, 15) is 4.79 Å². The van der Waals surface area contributed by atoms with Gasteiger partial charge in [-0.1, -0.05) is 23.7 Å². The van der Waals surface area contributed by atoms with Crippen LogP contribution in [0.1, 0.15) is 29.0 Å². The van der Waals surface area contributed by atoms with Gasteiger partial charge in [-0.05, 0) is 52.7 Å². The molecule has 0 spiro atoms. The molecule has 0 fully saturated rings. The molecule has 20 heavy (non-hydrogen) atoms. The second-order valence-electron chi connectivity index (χ2n) is 4.48. The lowest BCUT2D eigenvalue weighted by atomic mass is 10.1. The van der Waals surface area contributed by atoms with E-state index >= 15 is 0 Å². The van der Waals surface area contributed by atoms with Crippen LogP contribution in [0.5, 0.6) is 0 Å². The van der Waals surface area contributed by atoms with Crippen molar-refractivity contribution in [2.45, 2.75) is 13.0 Å². The third-order valence-electron chi connectivity index (χ3n) is 3.21. The summed E-state index contributed by atoms with van der Waals surface area (Å²) >= 11 is 9.23. The van der Waals surface area contributed by atoms with Crippen molar-refractivity contribution in [2.75, 3.05) is 7.05 Å². The first-order valence-corrected chi connectivity index (χ1v) is 7.31. The van der Waals surface area contributed by atoms with Gasteiger partial charge in [-0.15, -0.1) is 0 Å². The third kappa shape index (κ3) is 3.19. The van der Waals surface area contributed by atoms with Crippen molar-refractivity contribution in [3.63, 3.8) is 0 Å². The van der Waals surface area contributed by atoms with Gasteiger partial charge in [0.2, 0.25) is 0 Å². The molecule has 2 rings (SSSR count). The predicted octanol–water partition coefficient (Wildman–Crippen LogP) is 4.33. The molecule has 0 N–H and O–H groups in total. The number of carbonyl (C=O) groups is 1. The lowest BCUT2D eigenvalue weighted by Gasteiger charge is -2.25. The molecule has 0 bridgehead atoms. The lowest BCUT2D eigenvalue weighted by Crippen LogP contribution is -2.30. The Kier molecular flexibility index (Phi) is 4.78. The minimum atomic E-state index is -0.125. The summed E-state index contributed by atoms with van der Waals surface area (Å²) in [6.45, 7) is 1.97. The minimum Gasteiger partial charge on any atom is -0.334 e. The normalized spacial score (nSPS) is 12.0. The summed E-state index contributed by atoms with van der Waals surface area (Å²) in [5, 5.41) is 0.683. The fraction of sp³-hybridized carbons (Fsp3) is 0.200. The molecule has 1 aromatic heterocycles. The summed E-state index contributed by atoms with van der Waals surface area (Å²) < 4.78 is 0.695. The number of benzene rings is 1. The van der Waals surface area contributed by atoms with Crippen LogP contribution >= 0.6 is 27.5 Å². The highest BCUT2D eigenvalue weighted by Crippen LogP contribution is 2.23. The van der Waals surface area contributed by atoms with Crippen molar-refractivity contribution in [3.8, 4) is 0 Å². The van der Waals surface area contributed by atoms with E-state index in [1.54, 1.807) is 30.3 Å². The van der Waals surface area contributed by atoms with Gasteiger partial charge in [-0.3, -0.25) is 4.79 Å². The van der Waals surface area contributed by atoms with Crippen LogP contribution in [-0.2, 0) is 0 Å². The van der Waals surface area contributed by atoms with Crippen molar-refractivity contribution >= 4 is 33.4 Å². The van der Waals surface area contributed by atoms with Gasteiger partial charge in [0.1, 0.15) is 5.69 Å². The van der Waals surface area contributed by atoms with Crippen LogP contribution in [0.25, 0.3) is 0 Å². The largest absolute Gasteiger partial charge is 0.334 e. The van der Waals surface area contributed by atoms with Gasteiger partial charge in [-0.25, -0.2) is 4.98 Å². The smallest absolute Gasteiger partial charge is 0.273 e. The highest BCUT2D eigenvalue weighted by molar-refractivity contribution is 9.10. The Morgan fingerprint density at radius 1 is 1.30 bits per heavy atom. The SMILES string of the molecule is CC(c1ccc(Cl)cc1)N(C)C(=O)c1ncccc1Br. The zero-order valence-electron chi connectivity index (χ0n) is 11.2. The Bertz CT molecular complexity index is 616. The molecule has 3 nitrogen and oxygen atoms in total. The van der Waals surface area contributed by atoms with Crippen molar-refractivity contribution in [1.29, 1.82) is 0 Å². The predicted molar refractivity (Wildman–Crippen MR) is 83.9 cm³/mol. The number of hydrogen-bond acceptors (Lipinski definition) is 2. The molecule has 2 aromatic rings. The maximum absolute atomic E-state index is 12.5. The van der Waals surface area contributed by atoms with E-state index in [0.29, 0.717) is 15.2 Å². The molecule has 104 valence electrons. The second kappa shape index (κ2) is 6.37. The molecule has 0 radical (unpaired) electrons. The molecule has 0 aliphatic rings. The van der Waals surface area contributed by atoms with Crippen LogP contribution < -0.4 is 0 Å². The quantitative estimate of drug-likeness (QED) is 0.823. The summed E-state index contributed by atoms with van der Waals surface area (Å²) in [7, 11) is 1.77. The van der Waals surface area contributed by atoms with Gasteiger partial charge in [0, 0.05) is 22.7 Å². The molecule has 0 saturated heterocycles. The molecule has 5 heteroatoms. The Morgan fingerprint density at radius 3 is 2.55 bits per heavy atom. The summed E-state index contributed by atoms with van der Waals surface area (Å²) in [4.78, 5) is 18.2. The molecule has 0 aliphatic heterocycles.